The van der Waals surface area contributed by atoms with Crippen LogP contribution in [-0.4, -0.2) is 24.0 Å². The van der Waals surface area contributed by atoms with Crippen molar-refractivity contribution in [3.63, 3.8) is 0 Å². The van der Waals surface area contributed by atoms with Crippen molar-refractivity contribution in [2.45, 2.75) is 37.8 Å². The van der Waals surface area contributed by atoms with Crippen molar-refractivity contribution in [1.82, 2.24) is 4.90 Å². The average molecular weight is 394 g/mol. The van der Waals surface area contributed by atoms with Crippen LogP contribution in [0.15, 0.2) is 14.3 Å². The van der Waals surface area contributed by atoms with E-state index in [4.69, 9.17) is 5.73 Å². The molecule has 0 aromatic carbocycles. The molecule has 1 heterocycles. The molecule has 0 saturated heterocycles. The van der Waals surface area contributed by atoms with Gasteiger partial charge in [0.25, 0.3) is 0 Å². The summed E-state index contributed by atoms with van der Waals surface area (Å²) in [5.41, 5.74) is 6.06. The molecule has 0 aliphatic heterocycles. The maximum absolute atomic E-state index is 6.06. The molecular weight excluding hydrogens is 376 g/mol. The van der Waals surface area contributed by atoms with Gasteiger partial charge in [-0.1, -0.05) is 0 Å². The first-order valence-corrected chi connectivity index (χ1v) is 9.00. The zero-order chi connectivity index (χ0) is 12.7. The van der Waals surface area contributed by atoms with Crippen LogP contribution in [0.3, 0.4) is 0 Å². The Bertz CT molecular complexity index is 407. The van der Waals surface area contributed by atoms with Crippen molar-refractivity contribution in [1.29, 1.82) is 0 Å². The fraction of sp³-hybridized carbons (Fsp3) is 0.692. The quantitative estimate of drug-likeness (QED) is 0.786. The molecule has 1 unspecified atom stereocenters. The summed E-state index contributed by atoms with van der Waals surface area (Å²) in [5, 5.41) is 0. The number of thiophene rings is 1. The SMILES string of the molecule is NCC(c1cc(Br)c(Br)s1)N(CC1CC1)C1CC1. The molecule has 1 atom stereocenters. The minimum atomic E-state index is 0.408. The molecule has 3 rings (SSSR count). The van der Waals surface area contributed by atoms with E-state index in [1.54, 1.807) is 0 Å². The second-order valence-electron chi connectivity index (χ2n) is 5.39. The summed E-state index contributed by atoms with van der Waals surface area (Å²) in [6, 6.07) is 3.43. The first-order chi connectivity index (χ1) is 8.69. The van der Waals surface area contributed by atoms with Crippen LogP contribution in [0.5, 0.6) is 0 Å². The van der Waals surface area contributed by atoms with Gasteiger partial charge in [-0.15, -0.1) is 11.3 Å². The summed E-state index contributed by atoms with van der Waals surface area (Å²) in [7, 11) is 0. The lowest BCUT2D eigenvalue weighted by Gasteiger charge is -2.30. The number of hydrogen-bond acceptors (Lipinski definition) is 3. The van der Waals surface area contributed by atoms with Gasteiger partial charge in [-0.2, -0.15) is 0 Å². The van der Waals surface area contributed by atoms with Gasteiger partial charge in [0.1, 0.15) is 0 Å². The zero-order valence-corrected chi connectivity index (χ0v) is 14.2. The maximum atomic E-state index is 6.06. The fourth-order valence-corrected chi connectivity index (χ4v) is 4.70. The molecule has 1 aromatic rings. The molecule has 2 fully saturated rings. The summed E-state index contributed by atoms with van der Waals surface area (Å²) in [6.07, 6.45) is 5.55. The minimum absolute atomic E-state index is 0.408. The van der Waals surface area contributed by atoms with Gasteiger partial charge < -0.3 is 5.73 Å². The van der Waals surface area contributed by atoms with Gasteiger partial charge in [0.05, 0.1) is 9.83 Å². The molecule has 18 heavy (non-hydrogen) atoms. The number of rotatable bonds is 6. The largest absolute Gasteiger partial charge is 0.329 e. The van der Waals surface area contributed by atoms with E-state index in [0.717, 1.165) is 23.0 Å². The summed E-state index contributed by atoms with van der Waals surface area (Å²) in [4.78, 5) is 4.06. The van der Waals surface area contributed by atoms with Crippen LogP contribution >= 0.6 is 43.2 Å². The molecule has 100 valence electrons. The van der Waals surface area contributed by atoms with E-state index >= 15 is 0 Å². The Hall–Kier alpha value is 0.580. The van der Waals surface area contributed by atoms with Gasteiger partial charge in [0.15, 0.2) is 0 Å². The number of nitrogens with zero attached hydrogens (tertiary/aromatic N) is 1. The van der Waals surface area contributed by atoms with E-state index in [9.17, 15) is 0 Å². The predicted molar refractivity (Wildman–Crippen MR) is 84.0 cm³/mol. The second-order valence-corrected chi connectivity index (χ2v) is 8.65. The highest BCUT2D eigenvalue weighted by atomic mass is 79.9. The molecule has 2 aliphatic rings. The monoisotopic (exact) mass is 392 g/mol. The zero-order valence-electron chi connectivity index (χ0n) is 10.2. The van der Waals surface area contributed by atoms with Gasteiger partial charge in [-0.25, -0.2) is 0 Å². The van der Waals surface area contributed by atoms with Crippen LogP contribution in [0.25, 0.3) is 0 Å². The molecule has 2 saturated carbocycles. The van der Waals surface area contributed by atoms with E-state index in [1.807, 2.05) is 11.3 Å². The number of hydrogen-bond donors (Lipinski definition) is 1. The van der Waals surface area contributed by atoms with Crippen molar-refractivity contribution in [3.05, 3.63) is 19.2 Å². The molecular formula is C13H18Br2N2S. The lowest BCUT2D eigenvalue weighted by molar-refractivity contribution is 0.185. The Kier molecular flexibility index (Phi) is 4.16. The topological polar surface area (TPSA) is 29.3 Å². The number of nitrogens with two attached hydrogens (primary N) is 1. The van der Waals surface area contributed by atoms with Crippen LogP contribution in [0.1, 0.15) is 36.6 Å². The Balaban J connectivity index is 1.79. The summed E-state index contributed by atoms with van der Waals surface area (Å²) < 4.78 is 2.33. The molecule has 2 N–H and O–H groups in total. The first-order valence-electron chi connectivity index (χ1n) is 6.59. The van der Waals surface area contributed by atoms with Crippen molar-refractivity contribution in [2.24, 2.45) is 11.7 Å². The standard InChI is InChI=1S/C13H18Br2N2S/c14-10-5-12(18-13(10)15)11(6-16)17(9-3-4-9)7-8-1-2-8/h5,8-9,11H,1-4,6-7,16H2. The molecule has 0 bridgehead atoms. The highest BCUT2D eigenvalue weighted by Crippen LogP contribution is 2.43. The lowest BCUT2D eigenvalue weighted by atomic mass is 10.2. The molecule has 1 aromatic heterocycles. The molecule has 2 aliphatic carbocycles. The second kappa shape index (κ2) is 5.52. The van der Waals surface area contributed by atoms with Crippen LogP contribution in [0.4, 0.5) is 0 Å². The lowest BCUT2D eigenvalue weighted by Crippen LogP contribution is -2.36. The molecule has 0 amide bonds. The smallest absolute Gasteiger partial charge is 0.0843 e. The van der Waals surface area contributed by atoms with E-state index in [2.05, 4.69) is 42.8 Å². The first kappa shape index (κ1) is 13.6. The highest BCUT2D eigenvalue weighted by Gasteiger charge is 2.38. The highest BCUT2D eigenvalue weighted by molar-refractivity contribution is 9.13. The van der Waals surface area contributed by atoms with E-state index in [0.29, 0.717) is 6.04 Å². The third-order valence-corrected chi connectivity index (χ3v) is 7.16. The Labute approximate surface area is 129 Å². The normalized spacial score (nSPS) is 21.6. The van der Waals surface area contributed by atoms with Crippen LogP contribution in [-0.2, 0) is 0 Å². The van der Waals surface area contributed by atoms with Gasteiger partial charge in [-0.05, 0) is 69.5 Å². The molecule has 0 radical (unpaired) electrons. The third-order valence-electron chi connectivity index (χ3n) is 3.80. The summed E-state index contributed by atoms with van der Waals surface area (Å²) >= 11 is 8.99. The van der Waals surface area contributed by atoms with Gasteiger partial charge in [-0.3, -0.25) is 4.90 Å². The summed E-state index contributed by atoms with van der Waals surface area (Å²) in [5.74, 6) is 0.937. The van der Waals surface area contributed by atoms with Crippen molar-refractivity contribution in [2.75, 3.05) is 13.1 Å². The van der Waals surface area contributed by atoms with E-state index in [-0.39, 0.29) is 0 Å². The number of halogens is 2. The van der Waals surface area contributed by atoms with E-state index in [1.165, 1.54) is 40.9 Å². The molecule has 2 nitrogen and oxygen atoms in total. The maximum Gasteiger partial charge on any atom is 0.0843 e. The van der Waals surface area contributed by atoms with Crippen LogP contribution < -0.4 is 5.73 Å². The molecule has 5 heteroatoms. The van der Waals surface area contributed by atoms with E-state index < -0.39 is 0 Å². The fourth-order valence-electron chi connectivity index (χ4n) is 2.48. The van der Waals surface area contributed by atoms with Gasteiger partial charge >= 0.3 is 0 Å². The minimum Gasteiger partial charge on any atom is -0.329 e. The van der Waals surface area contributed by atoms with Crippen molar-refractivity contribution in [3.8, 4) is 0 Å². The van der Waals surface area contributed by atoms with Gasteiger partial charge in [0.2, 0.25) is 0 Å². The summed E-state index contributed by atoms with van der Waals surface area (Å²) in [6.45, 7) is 1.97. The van der Waals surface area contributed by atoms with Gasteiger partial charge in [0, 0.05) is 28.5 Å². The van der Waals surface area contributed by atoms with Crippen molar-refractivity contribution >= 4 is 43.2 Å². The predicted octanol–water partition coefficient (Wildman–Crippen LogP) is 4.15. The molecule has 0 spiro atoms. The van der Waals surface area contributed by atoms with Crippen molar-refractivity contribution < 1.29 is 0 Å². The third kappa shape index (κ3) is 3.01. The Morgan fingerprint density at radius 3 is 2.50 bits per heavy atom. The Morgan fingerprint density at radius 2 is 2.06 bits per heavy atom. The van der Waals surface area contributed by atoms with Crippen LogP contribution in [0.2, 0.25) is 0 Å². The Morgan fingerprint density at radius 1 is 1.33 bits per heavy atom. The van der Waals surface area contributed by atoms with Crippen LogP contribution in [0, 0.1) is 5.92 Å². The average Bonchev–Trinajstić information content (AvgIpc) is 3.23.